The Kier molecular flexibility index (Phi) is 10.8. The lowest BCUT2D eigenvalue weighted by Crippen LogP contribution is -2.36. The Hall–Kier alpha value is -2.82. The highest BCUT2D eigenvalue weighted by atomic mass is 16.5. The molecule has 5 heteroatoms. The molecule has 0 amide bonds. The molecule has 1 N–H and O–H groups in total. The number of imidazole rings is 1. The van der Waals surface area contributed by atoms with E-state index in [1.54, 1.807) is 0 Å². The van der Waals surface area contributed by atoms with E-state index >= 15 is 0 Å². The Balaban J connectivity index is 1.65. The number of anilines is 1. The number of esters is 1. The van der Waals surface area contributed by atoms with Crippen LogP contribution in [0.2, 0.25) is 0 Å². The van der Waals surface area contributed by atoms with Gasteiger partial charge in [0.25, 0.3) is 0 Å². The number of unbranched alkanes of at least 4 members (excludes halogenated alkanes) is 8. The molecule has 2 heterocycles. The first kappa shape index (κ1) is 29.7. The summed E-state index contributed by atoms with van der Waals surface area (Å²) in [4.78, 5) is 17.5. The average molecular weight is 520 g/mol. The van der Waals surface area contributed by atoms with Gasteiger partial charge in [-0.15, -0.1) is 0 Å². The van der Waals surface area contributed by atoms with Gasteiger partial charge in [-0.3, -0.25) is 9.20 Å². The number of hydrogen-bond acceptors (Lipinski definition) is 4. The Labute approximate surface area is 230 Å². The molecule has 0 unspecified atom stereocenters. The number of rotatable bonds is 15. The van der Waals surface area contributed by atoms with Crippen molar-refractivity contribution in [3.8, 4) is 17.0 Å². The number of hydrogen-bond donors (Lipinski definition) is 1. The number of carbonyl (C=O) groups is 1. The van der Waals surface area contributed by atoms with Crippen LogP contribution in [-0.2, 0) is 4.79 Å². The van der Waals surface area contributed by atoms with E-state index in [1.807, 2.05) is 48.7 Å². The molecule has 0 radical (unpaired) electrons. The number of nitrogens with one attached hydrogen (secondary N) is 1. The van der Waals surface area contributed by atoms with Crippen LogP contribution in [0.15, 0.2) is 48.7 Å². The number of pyridine rings is 1. The van der Waals surface area contributed by atoms with Crippen molar-refractivity contribution >= 4 is 17.4 Å². The first-order valence-electron chi connectivity index (χ1n) is 14.6. The van der Waals surface area contributed by atoms with Crippen molar-refractivity contribution in [2.75, 3.05) is 5.32 Å². The van der Waals surface area contributed by atoms with Gasteiger partial charge in [0.2, 0.25) is 0 Å². The van der Waals surface area contributed by atoms with E-state index in [4.69, 9.17) is 9.72 Å². The maximum Gasteiger partial charge on any atom is 0.311 e. The van der Waals surface area contributed by atoms with Gasteiger partial charge in [-0.1, -0.05) is 97.3 Å². The largest absolute Gasteiger partial charge is 0.427 e. The fraction of sp³-hybridized carbons (Fsp3) is 0.576. The molecule has 208 valence electrons. The second-order valence-electron chi connectivity index (χ2n) is 12.6. The van der Waals surface area contributed by atoms with Crippen LogP contribution in [0.5, 0.6) is 5.75 Å². The maximum atomic E-state index is 12.5. The van der Waals surface area contributed by atoms with E-state index in [0.717, 1.165) is 42.0 Å². The lowest BCUT2D eigenvalue weighted by molar-refractivity contribution is -0.134. The molecule has 2 aromatic heterocycles. The number of aromatic nitrogens is 2. The Morgan fingerprint density at radius 1 is 0.895 bits per heavy atom. The first-order chi connectivity index (χ1) is 18.1. The number of nitrogens with zero attached hydrogens (tertiary/aromatic N) is 2. The van der Waals surface area contributed by atoms with Crippen LogP contribution in [0.3, 0.4) is 0 Å². The minimum absolute atomic E-state index is 0.140. The summed E-state index contributed by atoms with van der Waals surface area (Å²) in [5.41, 5.74) is 2.70. The van der Waals surface area contributed by atoms with E-state index in [2.05, 4.69) is 51.3 Å². The molecule has 3 rings (SSSR count). The van der Waals surface area contributed by atoms with Gasteiger partial charge < -0.3 is 10.1 Å². The zero-order valence-electron chi connectivity index (χ0n) is 24.6. The second-order valence-corrected chi connectivity index (χ2v) is 12.6. The van der Waals surface area contributed by atoms with Gasteiger partial charge in [0.05, 0.1) is 0 Å². The molecule has 0 aliphatic heterocycles. The van der Waals surface area contributed by atoms with Crippen molar-refractivity contribution in [1.29, 1.82) is 0 Å². The Morgan fingerprint density at radius 2 is 1.58 bits per heavy atom. The van der Waals surface area contributed by atoms with Crippen LogP contribution in [0.4, 0.5) is 5.82 Å². The minimum Gasteiger partial charge on any atom is -0.427 e. The molecule has 0 atom stereocenters. The lowest BCUT2D eigenvalue weighted by atomic mass is 9.82. The van der Waals surface area contributed by atoms with Gasteiger partial charge in [0, 0.05) is 23.7 Å². The monoisotopic (exact) mass is 519 g/mol. The molecule has 0 saturated heterocycles. The van der Waals surface area contributed by atoms with Gasteiger partial charge >= 0.3 is 5.97 Å². The van der Waals surface area contributed by atoms with E-state index in [9.17, 15) is 4.79 Å². The van der Waals surface area contributed by atoms with Crippen molar-refractivity contribution < 1.29 is 9.53 Å². The summed E-state index contributed by atoms with van der Waals surface area (Å²) in [5.74, 6) is 1.36. The standard InChI is InChI=1S/C33H49N3O2/c1-7-8-9-10-11-12-13-14-15-22-29(37)38-27-20-18-19-26(24-27)30-31(35-33(5,6)25-32(2,3)4)36-23-17-16-21-28(36)34-30/h16-21,23-24,35H,7-15,22,25H2,1-6H3. The molecule has 1 aromatic carbocycles. The smallest absolute Gasteiger partial charge is 0.311 e. The zero-order chi connectivity index (χ0) is 27.6. The first-order valence-corrected chi connectivity index (χ1v) is 14.6. The average Bonchev–Trinajstić information content (AvgIpc) is 3.19. The Bertz CT molecular complexity index is 1160. The van der Waals surface area contributed by atoms with Crippen molar-refractivity contribution in [3.05, 3.63) is 48.7 Å². The summed E-state index contributed by atoms with van der Waals surface area (Å²) in [5, 5.41) is 3.78. The lowest BCUT2D eigenvalue weighted by Gasteiger charge is -2.34. The summed E-state index contributed by atoms with van der Waals surface area (Å²) < 4.78 is 7.83. The molecule has 0 aliphatic rings. The second kappa shape index (κ2) is 13.8. The van der Waals surface area contributed by atoms with Gasteiger partial charge in [0.15, 0.2) is 0 Å². The Morgan fingerprint density at radius 3 is 2.26 bits per heavy atom. The fourth-order valence-corrected chi connectivity index (χ4v) is 5.48. The molecule has 0 spiro atoms. The predicted octanol–water partition coefficient (Wildman–Crippen LogP) is 9.45. The van der Waals surface area contributed by atoms with Crippen molar-refractivity contribution in [1.82, 2.24) is 9.38 Å². The van der Waals surface area contributed by atoms with Gasteiger partial charge in [-0.25, -0.2) is 4.98 Å². The predicted molar refractivity (Wildman–Crippen MR) is 160 cm³/mol. The molecular formula is C33H49N3O2. The summed E-state index contributed by atoms with van der Waals surface area (Å²) in [6.45, 7) is 13.5. The molecule has 0 aliphatic carbocycles. The normalized spacial score (nSPS) is 12.2. The third-order valence-electron chi connectivity index (χ3n) is 6.78. The van der Waals surface area contributed by atoms with E-state index < -0.39 is 0 Å². The van der Waals surface area contributed by atoms with Crippen molar-refractivity contribution in [2.24, 2.45) is 5.41 Å². The third-order valence-corrected chi connectivity index (χ3v) is 6.78. The van der Waals surface area contributed by atoms with Crippen molar-refractivity contribution in [2.45, 2.75) is 118 Å². The van der Waals surface area contributed by atoms with Crippen molar-refractivity contribution in [3.63, 3.8) is 0 Å². The van der Waals surface area contributed by atoms with Crippen LogP contribution in [-0.4, -0.2) is 20.9 Å². The highest BCUT2D eigenvalue weighted by molar-refractivity contribution is 5.79. The topological polar surface area (TPSA) is 55.6 Å². The minimum atomic E-state index is -0.162. The summed E-state index contributed by atoms with van der Waals surface area (Å²) in [6, 6.07) is 13.8. The molecule has 0 bridgehead atoms. The molecule has 3 aromatic rings. The van der Waals surface area contributed by atoms with Gasteiger partial charge in [0.1, 0.15) is 22.9 Å². The summed E-state index contributed by atoms with van der Waals surface area (Å²) >= 11 is 0. The number of ether oxygens (including phenoxy) is 1. The molecule has 5 nitrogen and oxygen atoms in total. The number of fused-ring (bicyclic) bond motifs is 1. The number of benzene rings is 1. The fourth-order valence-electron chi connectivity index (χ4n) is 5.48. The van der Waals surface area contributed by atoms with Gasteiger partial charge in [-0.05, 0) is 56.4 Å². The molecule has 0 saturated carbocycles. The van der Waals surface area contributed by atoms with Gasteiger partial charge in [-0.2, -0.15) is 0 Å². The van der Waals surface area contributed by atoms with E-state index in [-0.39, 0.29) is 16.9 Å². The van der Waals surface area contributed by atoms with E-state index in [1.165, 1.54) is 44.9 Å². The van der Waals surface area contributed by atoms with Crippen LogP contribution in [0.25, 0.3) is 16.9 Å². The summed E-state index contributed by atoms with van der Waals surface area (Å²) in [7, 11) is 0. The molecular weight excluding hydrogens is 470 g/mol. The van der Waals surface area contributed by atoms with Crippen LogP contribution >= 0.6 is 0 Å². The van der Waals surface area contributed by atoms with Crippen LogP contribution < -0.4 is 10.1 Å². The quantitative estimate of drug-likeness (QED) is 0.123. The molecule has 38 heavy (non-hydrogen) atoms. The van der Waals surface area contributed by atoms with Crippen LogP contribution in [0.1, 0.15) is 112 Å². The summed E-state index contributed by atoms with van der Waals surface area (Å²) in [6.07, 6.45) is 14.6. The van der Waals surface area contributed by atoms with E-state index in [0.29, 0.717) is 12.2 Å². The highest BCUT2D eigenvalue weighted by Gasteiger charge is 2.28. The molecule has 0 fully saturated rings. The number of carbonyl (C=O) groups excluding carboxylic acids is 1. The highest BCUT2D eigenvalue weighted by Crippen LogP contribution is 2.35. The SMILES string of the molecule is CCCCCCCCCCCC(=O)Oc1cccc(-c2nc3ccccn3c2NC(C)(C)CC(C)(C)C)c1. The third kappa shape index (κ3) is 9.49. The zero-order valence-corrected chi connectivity index (χ0v) is 24.6. The van der Waals surface area contributed by atoms with Crippen LogP contribution in [0, 0.1) is 5.41 Å². The maximum absolute atomic E-state index is 12.5.